The van der Waals surface area contributed by atoms with Gasteiger partial charge in [0.25, 0.3) is 0 Å². The summed E-state index contributed by atoms with van der Waals surface area (Å²) in [5, 5.41) is 3.29. The first-order valence-electron chi connectivity index (χ1n) is 6.60. The molecule has 0 aromatic heterocycles. The molecule has 1 fully saturated rings. The van der Waals surface area contributed by atoms with Crippen LogP contribution >= 0.6 is 0 Å². The molecule has 17 heavy (non-hydrogen) atoms. The first kappa shape index (κ1) is 14.7. The van der Waals surface area contributed by atoms with Crippen LogP contribution in [0.25, 0.3) is 0 Å². The van der Waals surface area contributed by atoms with Gasteiger partial charge in [0.05, 0.1) is 11.2 Å². The maximum absolute atomic E-state index is 12.2. The van der Waals surface area contributed by atoms with Gasteiger partial charge in [-0.15, -0.1) is 0 Å². The van der Waals surface area contributed by atoms with Crippen LogP contribution in [0.3, 0.4) is 0 Å². The average molecular weight is 241 g/mol. The summed E-state index contributed by atoms with van der Waals surface area (Å²) in [6, 6.07) is 0.437. The van der Waals surface area contributed by atoms with Crippen LogP contribution in [-0.4, -0.2) is 29.6 Å². The Hall–Kier alpha value is -0.410. The topological polar surface area (TPSA) is 38.3 Å². The summed E-state index contributed by atoms with van der Waals surface area (Å²) in [5.41, 5.74) is -0.492. The number of nitrogens with one attached hydrogen (secondary N) is 1. The molecule has 100 valence electrons. The Kier molecular flexibility index (Phi) is 4.37. The molecule has 1 atom stereocenters. The van der Waals surface area contributed by atoms with Gasteiger partial charge in [-0.05, 0) is 34.1 Å². The molecule has 0 aromatic carbocycles. The molecule has 0 amide bonds. The minimum Gasteiger partial charge on any atom is -0.369 e. The molecule has 1 N–H and O–H groups in total. The van der Waals surface area contributed by atoms with Gasteiger partial charge in [0.2, 0.25) is 0 Å². The van der Waals surface area contributed by atoms with Crippen molar-refractivity contribution in [3.63, 3.8) is 0 Å². The Bertz CT molecular complexity index is 282. The highest BCUT2D eigenvalue weighted by Gasteiger charge is 2.48. The van der Waals surface area contributed by atoms with Crippen LogP contribution in [0.1, 0.15) is 54.4 Å². The summed E-state index contributed by atoms with van der Waals surface area (Å²) in [5.74, 6) is 0.361. The quantitative estimate of drug-likeness (QED) is 0.804. The summed E-state index contributed by atoms with van der Waals surface area (Å²) in [6.07, 6.45) is 1.44. The average Bonchev–Trinajstić information content (AvgIpc) is 2.33. The zero-order valence-electron chi connectivity index (χ0n) is 12.1. The Balaban J connectivity index is 2.52. The van der Waals surface area contributed by atoms with Crippen molar-refractivity contribution in [2.75, 3.05) is 6.54 Å². The number of Topliss-reactive ketones (excluding diaryl/α,β-unsaturated/α-hetero) is 1. The normalized spacial score (nSPS) is 26.4. The van der Waals surface area contributed by atoms with Crippen LogP contribution in [0.15, 0.2) is 0 Å². The van der Waals surface area contributed by atoms with Crippen LogP contribution in [0.5, 0.6) is 0 Å². The van der Waals surface area contributed by atoms with E-state index in [1.165, 1.54) is 0 Å². The fraction of sp³-hybridized carbons (Fsp3) is 0.929. The lowest BCUT2D eigenvalue weighted by atomic mass is 9.83. The first-order chi connectivity index (χ1) is 7.64. The predicted molar refractivity (Wildman–Crippen MR) is 70.1 cm³/mol. The monoisotopic (exact) mass is 241 g/mol. The molecule has 1 aliphatic heterocycles. The molecule has 1 heterocycles. The van der Waals surface area contributed by atoms with Gasteiger partial charge in [0.15, 0.2) is 0 Å². The molecule has 1 rings (SSSR count). The van der Waals surface area contributed by atoms with Crippen LogP contribution in [0.2, 0.25) is 0 Å². The van der Waals surface area contributed by atoms with E-state index in [9.17, 15) is 4.79 Å². The third-order valence-electron chi connectivity index (χ3n) is 3.39. The van der Waals surface area contributed by atoms with Crippen molar-refractivity contribution in [3.05, 3.63) is 0 Å². The van der Waals surface area contributed by atoms with Crippen molar-refractivity contribution in [1.29, 1.82) is 0 Å². The molecule has 3 heteroatoms. The van der Waals surface area contributed by atoms with E-state index in [1.54, 1.807) is 0 Å². The van der Waals surface area contributed by atoms with E-state index >= 15 is 0 Å². The Labute approximate surface area is 105 Å². The second-order valence-electron chi connectivity index (χ2n) is 6.55. The first-order valence-corrected chi connectivity index (χ1v) is 6.60. The van der Waals surface area contributed by atoms with Gasteiger partial charge in [-0.25, -0.2) is 0 Å². The minimum absolute atomic E-state index is 0.0338. The van der Waals surface area contributed by atoms with E-state index in [2.05, 4.69) is 33.0 Å². The lowest BCUT2D eigenvalue weighted by Crippen LogP contribution is -2.35. The summed E-state index contributed by atoms with van der Waals surface area (Å²) < 4.78 is 5.96. The van der Waals surface area contributed by atoms with Crippen LogP contribution in [0, 0.1) is 5.92 Å². The Morgan fingerprint density at radius 3 is 2.35 bits per heavy atom. The maximum atomic E-state index is 12.2. The van der Waals surface area contributed by atoms with Crippen molar-refractivity contribution in [1.82, 2.24) is 5.32 Å². The molecule has 0 spiro atoms. The van der Waals surface area contributed by atoms with Crippen molar-refractivity contribution in [2.24, 2.45) is 5.92 Å². The van der Waals surface area contributed by atoms with Crippen LogP contribution in [0.4, 0.5) is 0 Å². The molecule has 3 nitrogen and oxygen atoms in total. The van der Waals surface area contributed by atoms with Crippen molar-refractivity contribution in [2.45, 2.75) is 71.6 Å². The van der Waals surface area contributed by atoms with E-state index in [-0.39, 0.29) is 17.1 Å². The number of rotatable bonds is 5. The van der Waals surface area contributed by atoms with Gasteiger partial charge >= 0.3 is 0 Å². The highest BCUT2D eigenvalue weighted by atomic mass is 16.5. The second kappa shape index (κ2) is 5.07. The summed E-state index contributed by atoms with van der Waals surface area (Å²) in [6.45, 7) is 13.1. The Morgan fingerprint density at radius 1 is 1.35 bits per heavy atom. The van der Waals surface area contributed by atoms with E-state index in [0.29, 0.717) is 18.2 Å². The molecule has 0 bridgehead atoms. The van der Waals surface area contributed by atoms with Gasteiger partial charge in [-0.3, -0.25) is 4.79 Å². The van der Waals surface area contributed by atoms with Crippen LogP contribution < -0.4 is 5.32 Å². The molecule has 1 aliphatic rings. The fourth-order valence-corrected chi connectivity index (χ4v) is 2.72. The van der Waals surface area contributed by atoms with E-state index in [1.807, 2.05) is 13.8 Å². The molecule has 0 aliphatic carbocycles. The highest BCUT2D eigenvalue weighted by molar-refractivity contribution is 5.82. The third-order valence-corrected chi connectivity index (χ3v) is 3.39. The number of ether oxygens (including phenoxy) is 1. The third kappa shape index (κ3) is 4.07. The number of ketones is 1. The molecule has 0 saturated carbocycles. The summed E-state index contributed by atoms with van der Waals surface area (Å²) in [4.78, 5) is 12.2. The molecule has 0 radical (unpaired) electrons. The van der Waals surface area contributed by atoms with E-state index in [0.717, 1.165) is 13.0 Å². The number of hydrogen-bond donors (Lipinski definition) is 1. The predicted octanol–water partition coefficient (Wildman–Crippen LogP) is 2.54. The van der Waals surface area contributed by atoms with Gasteiger partial charge < -0.3 is 10.1 Å². The highest BCUT2D eigenvalue weighted by Crippen LogP contribution is 2.42. The zero-order chi connectivity index (χ0) is 13.3. The second-order valence-corrected chi connectivity index (χ2v) is 6.55. The SMILES string of the molecule is CC(C)NCCC(=O)C1CC(C)(C)OC1(C)C. The standard InChI is InChI=1S/C14H27NO2/c1-10(2)15-8-7-12(16)11-9-13(3,4)17-14(11,5)6/h10-11,15H,7-9H2,1-6H3. The fourth-order valence-electron chi connectivity index (χ4n) is 2.72. The van der Waals surface area contributed by atoms with Gasteiger partial charge in [-0.2, -0.15) is 0 Å². The number of carbonyl (C=O) groups excluding carboxylic acids is 1. The maximum Gasteiger partial charge on any atom is 0.140 e. The largest absolute Gasteiger partial charge is 0.369 e. The van der Waals surface area contributed by atoms with Crippen molar-refractivity contribution in [3.8, 4) is 0 Å². The van der Waals surface area contributed by atoms with Crippen molar-refractivity contribution < 1.29 is 9.53 Å². The van der Waals surface area contributed by atoms with Gasteiger partial charge in [-0.1, -0.05) is 13.8 Å². The minimum atomic E-state index is -0.321. The Morgan fingerprint density at radius 2 is 1.94 bits per heavy atom. The molecular formula is C14H27NO2. The molecular weight excluding hydrogens is 214 g/mol. The smallest absolute Gasteiger partial charge is 0.140 e. The molecule has 0 aromatic rings. The summed E-state index contributed by atoms with van der Waals surface area (Å²) >= 11 is 0. The van der Waals surface area contributed by atoms with E-state index in [4.69, 9.17) is 4.74 Å². The zero-order valence-corrected chi connectivity index (χ0v) is 12.1. The molecule has 1 unspecified atom stereocenters. The van der Waals surface area contributed by atoms with Gasteiger partial charge in [0.1, 0.15) is 5.78 Å². The van der Waals surface area contributed by atoms with Crippen molar-refractivity contribution >= 4 is 5.78 Å². The lowest BCUT2D eigenvalue weighted by Gasteiger charge is -2.26. The molecule has 1 saturated heterocycles. The van der Waals surface area contributed by atoms with Gasteiger partial charge in [0, 0.05) is 24.9 Å². The van der Waals surface area contributed by atoms with E-state index < -0.39 is 0 Å². The number of hydrogen-bond acceptors (Lipinski definition) is 3. The lowest BCUT2D eigenvalue weighted by molar-refractivity contribution is -0.129. The van der Waals surface area contributed by atoms with Crippen LogP contribution in [-0.2, 0) is 9.53 Å². The summed E-state index contributed by atoms with van der Waals surface area (Å²) in [7, 11) is 0. The number of carbonyl (C=O) groups is 1.